The van der Waals surface area contributed by atoms with Crippen LogP contribution in [0.15, 0.2) is 12.3 Å². The Balaban J connectivity index is 2.49. The van der Waals surface area contributed by atoms with Gasteiger partial charge in [-0.1, -0.05) is 25.8 Å². The predicted molar refractivity (Wildman–Crippen MR) is 66.5 cm³/mol. The van der Waals surface area contributed by atoms with E-state index in [0.29, 0.717) is 5.92 Å². The molecular weight excluding hydrogens is 252 g/mol. The van der Waals surface area contributed by atoms with E-state index >= 15 is 0 Å². The Bertz CT molecular complexity index is 342. The van der Waals surface area contributed by atoms with Crippen molar-refractivity contribution in [2.24, 2.45) is 5.92 Å². The van der Waals surface area contributed by atoms with E-state index in [0.717, 1.165) is 19.3 Å². The number of ether oxygens (including phenoxy) is 1. The summed E-state index contributed by atoms with van der Waals surface area (Å²) in [4.78, 5) is 22.4. The molecule has 108 valence electrons. The van der Waals surface area contributed by atoms with Crippen LogP contribution in [-0.4, -0.2) is 39.5 Å². The van der Waals surface area contributed by atoms with Crippen LogP contribution in [0.25, 0.3) is 0 Å². The average molecular weight is 272 g/mol. The molecule has 0 aromatic rings. The number of carbonyl (C=O) groups is 2. The van der Waals surface area contributed by atoms with Gasteiger partial charge in [-0.2, -0.15) is 0 Å². The minimum Gasteiger partial charge on any atom is -0.513 e. The Morgan fingerprint density at radius 3 is 2.32 bits per heavy atom. The van der Waals surface area contributed by atoms with Gasteiger partial charge in [0, 0.05) is 6.42 Å². The van der Waals surface area contributed by atoms with Crippen LogP contribution in [0.1, 0.15) is 38.5 Å². The molecule has 6 heteroatoms. The second kappa shape index (κ2) is 6.56. The van der Waals surface area contributed by atoms with Gasteiger partial charge in [-0.15, -0.1) is 0 Å². The van der Waals surface area contributed by atoms with Gasteiger partial charge < -0.3 is 20.1 Å². The van der Waals surface area contributed by atoms with E-state index in [2.05, 4.69) is 6.58 Å². The Morgan fingerprint density at radius 1 is 1.26 bits per heavy atom. The first-order chi connectivity index (χ1) is 8.83. The Hall–Kier alpha value is -1.56. The molecule has 1 rings (SSSR count). The van der Waals surface area contributed by atoms with Crippen LogP contribution in [0.3, 0.4) is 0 Å². The molecule has 1 aliphatic rings. The van der Waals surface area contributed by atoms with Crippen molar-refractivity contribution in [1.82, 2.24) is 0 Å². The smallest absolute Gasteiger partial charge is 0.339 e. The van der Waals surface area contributed by atoms with Crippen molar-refractivity contribution in [2.45, 2.75) is 44.1 Å². The first kappa shape index (κ1) is 15.5. The average Bonchev–Trinajstić information content (AvgIpc) is 2.18. The minimum absolute atomic E-state index is 0.156. The molecule has 1 aliphatic carbocycles. The summed E-state index contributed by atoms with van der Waals surface area (Å²) in [6, 6.07) is 0. The van der Waals surface area contributed by atoms with Crippen molar-refractivity contribution >= 4 is 11.9 Å². The van der Waals surface area contributed by atoms with Crippen molar-refractivity contribution in [3.05, 3.63) is 12.3 Å². The Labute approximate surface area is 111 Å². The monoisotopic (exact) mass is 272 g/mol. The number of carboxylic acids is 1. The maximum absolute atomic E-state index is 11.7. The fourth-order valence-corrected chi connectivity index (χ4v) is 2.03. The van der Waals surface area contributed by atoms with Gasteiger partial charge in [0.05, 0.1) is 18.8 Å². The molecule has 19 heavy (non-hydrogen) atoms. The molecule has 0 aromatic heterocycles. The van der Waals surface area contributed by atoms with Crippen LogP contribution in [0, 0.1) is 5.92 Å². The van der Waals surface area contributed by atoms with Crippen LogP contribution < -0.4 is 0 Å². The molecule has 0 saturated heterocycles. The first-order valence-electron chi connectivity index (χ1n) is 6.31. The Morgan fingerprint density at radius 2 is 1.89 bits per heavy atom. The van der Waals surface area contributed by atoms with Gasteiger partial charge in [-0.05, 0) is 12.3 Å². The van der Waals surface area contributed by atoms with E-state index in [1.54, 1.807) is 0 Å². The van der Waals surface area contributed by atoms with Gasteiger partial charge in [-0.25, -0.2) is 4.79 Å². The van der Waals surface area contributed by atoms with Crippen molar-refractivity contribution in [2.75, 3.05) is 6.61 Å². The zero-order chi connectivity index (χ0) is 14.5. The lowest BCUT2D eigenvalue weighted by atomic mass is 9.83. The zero-order valence-corrected chi connectivity index (χ0v) is 10.8. The van der Waals surface area contributed by atoms with E-state index in [-0.39, 0.29) is 6.61 Å². The minimum atomic E-state index is -2.25. The van der Waals surface area contributed by atoms with Crippen LogP contribution in [0.2, 0.25) is 0 Å². The molecule has 0 bridgehead atoms. The molecular formula is C13H20O6. The number of hydrogen-bond donors (Lipinski definition) is 3. The molecule has 0 aliphatic heterocycles. The van der Waals surface area contributed by atoms with E-state index in [1.165, 1.54) is 6.42 Å². The summed E-state index contributed by atoms with van der Waals surface area (Å²) in [6.45, 7) is 3.31. The molecule has 0 spiro atoms. The second-order valence-electron chi connectivity index (χ2n) is 5.07. The number of carboxylic acid groups (broad SMARTS) is 1. The molecule has 1 saturated carbocycles. The lowest BCUT2D eigenvalue weighted by Crippen LogP contribution is -2.43. The summed E-state index contributed by atoms with van der Waals surface area (Å²) < 4.78 is 4.91. The van der Waals surface area contributed by atoms with E-state index in [1.807, 2.05) is 0 Å². The van der Waals surface area contributed by atoms with Gasteiger partial charge in [0.1, 0.15) is 0 Å². The molecule has 1 unspecified atom stereocenters. The highest BCUT2D eigenvalue weighted by Crippen LogP contribution is 2.29. The second-order valence-corrected chi connectivity index (χ2v) is 5.07. The van der Waals surface area contributed by atoms with Crippen molar-refractivity contribution in [3.8, 4) is 0 Å². The zero-order valence-electron chi connectivity index (χ0n) is 10.8. The highest BCUT2D eigenvalue weighted by molar-refractivity contribution is 5.85. The third-order valence-electron chi connectivity index (χ3n) is 3.30. The summed E-state index contributed by atoms with van der Waals surface area (Å²) >= 11 is 0. The van der Waals surface area contributed by atoms with Gasteiger partial charge >= 0.3 is 11.9 Å². The quantitative estimate of drug-likeness (QED) is 0.455. The molecule has 0 radical (unpaired) electrons. The summed E-state index contributed by atoms with van der Waals surface area (Å²) in [5, 5.41) is 27.7. The first-order valence-corrected chi connectivity index (χ1v) is 6.31. The number of hydrogen-bond acceptors (Lipinski definition) is 5. The fraction of sp³-hybridized carbons (Fsp3) is 0.692. The molecule has 3 N–H and O–H groups in total. The van der Waals surface area contributed by atoms with Crippen molar-refractivity contribution in [1.29, 1.82) is 0 Å². The van der Waals surface area contributed by atoms with Gasteiger partial charge in [-0.3, -0.25) is 4.79 Å². The highest BCUT2D eigenvalue weighted by Gasteiger charge is 2.41. The molecule has 1 atom stereocenters. The summed E-state index contributed by atoms with van der Waals surface area (Å²) in [5.41, 5.74) is -2.25. The number of esters is 1. The number of aliphatic hydroxyl groups is 2. The van der Waals surface area contributed by atoms with Gasteiger partial charge in [0.15, 0.2) is 5.60 Å². The lowest BCUT2D eigenvalue weighted by molar-refractivity contribution is -0.172. The number of aliphatic carboxylic acids is 1. The SMILES string of the molecule is C=C(O)CC(O)(CC(=O)O)C(=O)OCCC1CCC1. The lowest BCUT2D eigenvalue weighted by Gasteiger charge is -2.27. The number of rotatable bonds is 8. The highest BCUT2D eigenvalue weighted by atomic mass is 16.5. The largest absolute Gasteiger partial charge is 0.513 e. The van der Waals surface area contributed by atoms with Crippen LogP contribution in [0.5, 0.6) is 0 Å². The van der Waals surface area contributed by atoms with E-state index in [4.69, 9.17) is 14.9 Å². The normalized spacial score (nSPS) is 18.2. The summed E-state index contributed by atoms with van der Waals surface area (Å²) in [6.07, 6.45) is 2.77. The van der Waals surface area contributed by atoms with Crippen molar-refractivity contribution in [3.63, 3.8) is 0 Å². The third-order valence-corrected chi connectivity index (χ3v) is 3.30. The Kier molecular flexibility index (Phi) is 5.35. The van der Waals surface area contributed by atoms with Crippen molar-refractivity contribution < 1.29 is 29.6 Å². The standard InChI is InChI=1S/C13H20O6/c1-9(14)7-13(18,8-11(15)16)12(17)19-6-5-10-3-2-4-10/h10,14,18H,1-8H2,(H,15,16). The maximum Gasteiger partial charge on any atom is 0.339 e. The number of aliphatic hydroxyl groups excluding tert-OH is 1. The van der Waals surface area contributed by atoms with Gasteiger partial charge in [0.2, 0.25) is 0 Å². The van der Waals surface area contributed by atoms with Crippen LogP contribution in [0.4, 0.5) is 0 Å². The molecule has 0 amide bonds. The van der Waals surface area contributed by atoms with Crippen LogP contribution in [-0.2, 0) is 14.3 Å². The third kappa shape index (κ3) is 4.90. The van der Waals surface area contributed by atoms with Crippen LogP contribution >= 0.6 is 0 Å². The predicted octanol–water partition coefficient (Wildman–Crippen LogP) is 1.39. The molecule has 0 heterocycles. The number of carbonyl (C=O) groups excluding carboxylic acids is 1. The molecule has 1 fully saturated rings. The van der Waals surface area contributed by atoms with Gasteiger partial charge in [0.25, 0.3) is 0 Å². The maximum atomic E-state index is 11.7. The topological polar surface area (TPSA) is 104 Å². The molecule has 0 aromatic carbocycles. The molecule has 6 nitrogen and oxygen atoms in total. The van der Waals surface area contributed by atoms with E-state index in [9.17, 15) is 14.7 Å². The van der Waals surface area contributed by atoms with E-state index < -0.39 is 36.1 Å². The summed E-state index contributed by atoms with van der Waals surface area (Å²) in [7, 11) is 0. The fourth-order valence-electron chi connectivity index (χ4n) is 2.03. The summed E-state index contributed by atoms with van der Waals surface area (Å²) in [5.74, 6) is -2.28.